The first-order valence-corrected chi connectivity index (χ1v) is 14.0. The molecule has 6 nitrogen and oxygen atoms in total. The van der Waals surface area contributed by atoms with E-state index < -0.39 is 21.0 Å². The van der Waals surface area contributed by atoms with Gasteiger partial charge in [0.1, 0.15) is 0 Å². The molecule has 3 N–H and O–H groups in total. The Hall–Kier alpha value is -1.44. The molecular formula is C25H33ClN2O4S. The molecule has 5 fully saturated rings. The Labute approximate surface area is 201 Å². The summed E-state index contributed by atoms with van der Waals surface area (Å²) in [7, 11) is -3.92. The second kappa shape index (κ2) is 7.79. The number of benzene rings is 1. The Balaban J connectivity index is 1.43. The van der Waals surface area contributed by atoms with E-state index in [0.29, 0.717) is 48.1 Å². The highest BCUT2D eigenvalue weighted by molar-refractivity contribution is 7.89. The van der Waals surface area contributed by atoms with Gasteiger partial charge in [0.2, 0.25) is 15.9 Å². The average molecular weight is 493 g/mol. The van der Waals surface area contributed by atoms with Gasteiger partial charge in [0, 0.05) is 11.4 Å². The van der Waals surface area contributed by atoms with Gasteiger partial charge in [-0.15, -0.1) is 0 Å². The second-order valence-corrected chi connectivity index (χ2v) is 13.5. The predicted octanol–water partition coefficient (Wildman–Crippen LogP) is 4.27. The first-order valence-electron chi connectivity index (χ1n) is 12.1. The maximum atomic E-state index is 13.9. The van der Waals surface area contributed by atoms with Crippen molar-refractivity contribution in [3.63, 3.8) is 0 Å². The lowest BCUT2D eigenvalue weighted by Crippen LogP contribution is -2.59. The van der Waals surface area contributed by atoms with Crippen LogP contribution in [0.3, 0.4) is 0 Å². The third kappa shape index (κ3) is 3.84. The molecular weight excluding hydrogens is 460 g/mol. The summed E-state index contributed by atoms with van der Waals surface area (Å²) >= 11 is 6.18. The van der Waals surface area contributed by atoms with Crippen molar-refractivity contribution in [3.05, 3.63) is 28.8 Å². The molecule has 0 heterocycles. The van der Waals surface area contributed by atoms with Crippen LogP contribution in [0.15, 0.2) is 23.1 Å². The van der Waals surface area contributed by atoms with Crippen molar-refractivity contribution in [2.75, 3.05) is 0 Å². The standard InChI is InChI=1S/C25H33ClN2O4S/c1-16-19(26)5-4-6-20(16)33(31,32)28-25(7-2-3-8-25)21(29)14-23-10-17-9-18(11-23)13-24(12-17,15-23)22(27)30/h4-6,17-18,28H,2-3,7-15H2,1H3,(H2,27,30). The van der Waals surface area contributed by atoms with E-state index in [2.05, 4.69) is 4.72 Å². The molecule has 33 heavy (non-hydrogen) atoms. The molecule has 0 saturated heterocycles. The number of halogens is 1. The summed E-state index contributed by atoms with van der Waals surface area (Å²) in [4.78, 5) is 26.5. The third-order valence-corrected chi connectivity index (χ3v) is 11.2. The number of hydrogen-bond acceptors (Lipinski definition) is 4. The summed E-state index contributed by atoms with van der Waals surface area (Å²) in [5, 5.41) is 0.384. The van der Waals surface area contributed by atoms with Crippen molar-refractivity contribution >= 4 is 33.3 Å². The number of primary amides is 1. The van der Waals surface area contributed by atoms with Crippen LogP contribution in [0.5, 0.6) is 0 Å². The number of ketones is 1. The van der Waals surface area contributed by atoms with Crippen molar-refractivity contribution in [1.82, 2.24) is 4.72 Å². The highest BCUT2D eigenvalue weighted by Crippen LogP contribution is 2.66. The quantitative estimate of drug-likeness (QED) is 0.592. The molecule has 1 aromatic carbocycles. The highest BCUT2D eigenvalue weighted by Gasteiger charge is 2.61. The van der Waals surface area contributed by atoms with Crippen LogP contribution in [-0.2, 0) is 19.6 Å². The molecule has 0 aliphatic heterocycles. The summed E-state index contributed by atoms with van der Waals surface area (Å²) in [6.07, 6.45) is 8.34. The minimum absolute atomic E-state index is 0.0233. The Morgan fingerprint density at radius 2 is 1.76 bits per heavy atom. The number of amides is 1. The Kier molecular flexibility index (Phi) is 5.50. The fraction of sp³-hybridized carbons (Fsp3) is 0.680. The lowest BCUT2D eigenvalue weighted by Gasteiger charge is -2.61. The van der Waals surface area contributed by atoms with Crippen LogP contribution in [0.25, 0.3) is 0 Å². The molecule has 2 atom stereocenters. The topological polar surface area (TPSA) is 106 Å². The van der Waals surface area contributed by atoms with Crippen molar-refractivity contribution in [1.29, 1.82) is 0 Å². The monoisotopic (exact) mass is 492 g/mol. The molecule has 5 saturated carbocycles. The lowest BCUT2D eigenvalue weighted by atomic mass is 9.43. The van der Waals surface area contributed by atoms with E-state index in [1.807, 2.05) is 0 Å². The van der Waals surface area contributed by atoms with E-state index >= 15 is 0 Å². The molecule has 8 heteroatoms. The van der Waals surface area contributed by atoms with Gasteiger partial charge in [-0.1, -0.05) is 30.5 Å². The maximum Gasteiger partial charge on any atom is 0.241 e. The van der Waals surface area contributed by atoms with Gasteiger partial charge in [0.05, 0.1) is 15.8 Å². The van der Waals surface area contributed by atoms with Crippen molar-refractivity contribution in [2.24, 2.45) is 28.4 Å². The normalized spacial score (nSPS) is 34.5. The number of carbonyl (C=O) groups excluding carboxylic acids is 2. The van der Waals surface area contributed by atoms with Crippen LogP contribution in [0.1, 0.15) is 76.2 Å². The van der Waals surface area contributed by atoms with Gasteiger partial charge in [-0.05, 0) is 93.2 Å². The molecule has 0 spiro atoms. The summed E-state index contributed by atoms with van der Waals surface area (Å²) in [6, 6.07) is 4.81. The SMILES string of the molecule is Cc1c(Cl)cccc1S(=O)(=O)NC1(C(=O)CC23CC4CC(C2)CC(C(N)=O)(C4)C3)CCCC1. The summed E-state index contributed by atoms with van der Waals surface area (Å²) in [6.45, 7) is 1.68. The molecule has 0 radical (unpaired) electrons. The van der Waals surface area contributed by atoms with Crippen LogP contribution in [0.2, 0.25) is 5.02 Å². The van der Waals surface area contributed by atoms with Crippen LogP contribution in [0, 0.1) is 29.6 Å². The lowest BCUT2D eigenvalue weighted by molar-refractivity contribution is -0.159. The largest absolute Gasteiger partial charge is 0.369 e. The average Bonchev–Trinajstić information content (AvgIpc) is 3.17. The van der Waals surface area contributed by atoms with Gasteiger partial charge in [-0.25, -0.2) is 8.42 Å². The zero-order valence-electron chi connectivity index (χ0n) is 19.2. The second-order valence-electron chi connectivity index (χ2n) is 11.5. The zero-order chi connectivity index (χ0) is 23.6. The van der Waals surface area contributed by atoms with Gasteiger partial charge in [0.25, 0.3) is 0 Å². The Morgan fingerprint density at radius 3 is 2.36 bits per heavy atom. The van der Waals surface area contributed by atoms with Crippen LogP contribution in [0.4, 0.5) is 0 Å². The van der Waals surface area contributed by atoms with Crippen LogP contribution in [-0.4, -0.2) is 25.6 Å². The smallest absolute Gasteiger partial charge is 0.241 e. The first-order chi connectivity index (χ1) is 15.5. The summed E-state index contributed by atoms with van der Waals surface area (Å²) in [5.41, 5.74) is 4.56. The zero-order valence-corrected chi connectivity index (χ0v) is 20.7. The van der Waals surface area contributed by atoms with Crippen molar-refractivity contribution in [2.45, 2.75) is 88.0 Å². The molecule has 180 valence electrons. The van der Waals surface area contributed by atoms with Crippen LogP contribution >= 0.6 is 11.6 Å². The van der Waals surface area contributed by atoms with E-state index in [4.69, 9.17) is 17.3 Å². The fourth-order valence-electron chi connectivity index (χ4n) is 8.06. The molecule has 1 amide bonds. The number of nitrogens with two attached hydrogens (primary N) is 1. The number of nitrogens with one attached hydrogen (secondary N) is 1. The number of sulfonamides is 1. The number of Topliss-reactive ketones (excluding diaryl/α,β-unsaturated/α-hetero) is 1. The first kappa shape index (κ1) is 23.3. The Bertz CT molecular complexity index is 1100. The fourth-order valence-corrected chi connectivity index (χ4v) is 10.0. The summed E-state index contributed by atoms with van der Waals surface area (Å²) in [5.74, 6) is 0.639. The van der Waals surface area contributed by atoms with E-state index in [9.17, 15) is 18.0 Å². The number of carbonyl (C=O) groups is 2. The van der Waals surface area contributed by atoms with Gasteiger partial charge in [0.15, 0.2) is 5.78 Å². The minimum Gasteiger partial charge on any atom is -0.369 e. The summed E-state index contributed by atoms with van der Waals surface area (Å²) < 4.78 is 29.6. The van der Waals surface area contributed by atoms with Crippen molar-refractivity contribution in [3.8, 4) is 0 Å². The molecule has 0 aromatic heterocycles. The third-order valence-electron chi connectivity index (χ3n) is 9.07. The van der Waals surface area contributed by atoms with Gasteiger partial charge in [-0.2, -0.15) is 4.72 Å². The highest BCUT2D eigenvalue weighted by atomic mass is 35.5. The van der Waals surface area contributed by atoms with Gasteiger partial charge < -0.3 is 5.73 Å². The number of hydrogen-bond donors (Lipinski definition) is 2. The molecule has 1 aromatic rings. The molecule has 2 unspecified atom stereocenters. The van der Waals surface area contributed by atoms with E-state index in [-0.39, 0.29) is 22.0 Å². The van der Waals surface area contributed by atoms with E-state index in [0.717, 1.165) is 44.9 Å². The molecule has 5 aliphatic carbocycles. The molecule has 5 aliphatic rings. The molecule has 6 rings (SSSR count). The van der Waals surface area contributed by atoms with E-state index in [1.165, 1.54) is 6.07 Å². The van der Waals surface area contributed by atoms with Crippen molar-refractivity contribution < 1.29 is 18.0 Å². The number of rotatable bonds is 7. The van der Waals surface area contributed by atoms with E-state index in [1.54, 1.807) is 19.1 Å². The molecule has 4 bridgehead atoms. The van der Waals surface area contributed by atoms with Crippen LogP contribution < -0.4 is 10.5 Å². The minimum atomic E-state index is -3.92. The predicted molar refractivity (Wildman–Crippen MR) is 126 cm³/mol. The Morgan fingerprint density at radius 1 is 1.12 bits per heavy atom. The van der Waals surface area contributed by atoms with Gasteiger partial charge >= 0.3 is 0 Å². The maximum absolute atomic E-state index is 13.9. The van der Waals surface area contributed by atoms with Gasteiger partial charge in [-0.3, -0.25) is 9.59 Å².